The minimum Gasteiger partial charge on any atom is -0.495 e. The van der Waals surface area contributed by atoms with Gasteiger partial charge in [-0.15, -0.1) is 11.8 Å². The van der Waals surface area contributed by atoms with E-state index in [-0.39, 0.29) is 11.6 Å². The molecular weight excluding hydrogens is 570 g/mol. The van der Waals surface area contributed by atoms with Crippen molar-refractivity contribution in [2.45, 2.75) is 24.0 Å². The normalized spacial score (nSPS) is 11.8. The number of aryl methyl sites for hydroxylation is 1. The summed E-state index contributed by atoms with van der Waals surface area (Å²) in [5.41, 5.74) is 3.28. The van der Waals surface area contributed by atoms with Crippen molar-refractivity contribution in [2.24, 2.45) is 0 Å². The maximum atomic E-state index is 13.4. The summed E-state index contributed by atoms with van der Waals surface area (Å²) in [6, 6.07) is 28.4. The number of amides is 3. The predicted octanol–water partition coefficient (Wildman–Crippen LogP) is 7.19. The molecule has 0 aliphatic heterocycles. The number of benzene rings is 4. The zero-order chi connectivity index (χ0) is 30.1. The Hall–Kier alpha value is -4.53. The Kier molecular flexibility index (Phi) is 10.4. The molecule has 9 heteroatoms. The first-order valence-electron chi connectivity index (χ1n) is 13.1. The monoisotopic (exact) mass is 599 g/mol. The second-order valence-corrected chi connectivity index (χ2v) is 11.2. The third kappa shape index (κ3) is 8.25. The number of halogens is 1. The number of carbonyl (C=O) groups excluding carboxylic acids is 3. The molecule has 1 atom stereocenters. The Balaban J connectivity index is 1.49. The van der Waals surface area contributed by atoms with E-state index in [0.29, 0.717) is 27.7 Å². The van der Waals surface area contributed by atoms with E-state index in [2.05, 4.69) is 16.0 Å². The summed E-state index contributed by atoms with van der Waals surface area (Å²) < 4.78 is 5.31. The molecule has 4 aromatic carbocycles. The van der Waals surface area contributed by atoms with Crippen LogP contribution in [0.2, 0.25) is 5.02 Å². The Bertz CT molecular complexity index is 1620. The molecule has 0 radical (unpaired) electrons. The van der Waals surface area contributed by atoms with Crippen LogP contribution in [0.25, 0.3) is 6.08 Å². The smallest absolute Gasteiger partial charge is 0.272 e. The standard InChI is InChI=1S/C33H30ClN3O4S/c1-21-10-7-8-13-24(21)18-29(37-32(39)23-11-5-4-6-12-23)33(40)35-26-14-9-15-27(20-26)42-22(2)31(38)36-28-19-25(34)16-17-30(28)41-3/h4-20,22H,1-3H3,(H,35,40)(H,36,38)(H,37,39)/b29-18-. The van der Waals surface area contributed by atoms with Crippen LogP contribution in [-0.2, 0) is 9.59 Å². The Labute approximate surface area is 254 Å². The van der Waals surface area contributed by atoms with Gasteiger partial charge in [-0.2, -0.15) is 0 Å². The van der Waals surface area contributed by atoms with Gasteiger partial charge in [-0.3, -0.25) is 14.4 Å². The van der Waals surface area contributed by atoms with Gasteiger partial charge in [0.05, 0.1) is 18.0 Å². The highest BCUT2D eigenvalue weighted by Gasteiger charge is 2.19. The molecule has 0 aromatic heterocycles. The summed E-state index contributed by atoms with van der Waals surface area (Å²) in [5.74, 6) is -0.611. The predicted molar refractivity (Wildman–Crippen MR) is 170 cm³/mol. The number of anilines is 2. The molecule has 0 saturated heterocycles. The second-order valence-electron chi connectivity index (χ2n) is 9.31. The maximum absolute atomic E-state index is 13.4. The van der Waals surface area contributed by atoms with Gasteiger partial charge in [0.25, 0.3) is 11.8 Å². The zero-order valence-corrected chi connectivity index (χ0v) is 24.9. The van der Waals surface area contributed by atoms with E-state index >= 15 is 0 Å². The third-order valence-corrected chi connectivity index (χ3v) is 7.54. The van der Waals surface area contributed by atoms with Crippen LogP contribution in [0.1, 0.15) is 28.4 Å². The maximum Gasteiger partial charge on any atom is 0.272 e. The van der Waals surface area contributed by atoms with Crippen molar-refractivity contribution in [1.82, 2.24) is 5.32 Å². The molecule has 42 heavy (non-hydrogen) atoms. The summed E-state index contributed by atoms with van der Waals surface area (Å²) in [6.07, 6.45) is 1.65. The summed E-state index contributed by atoms with van der Waals surface area (Å²) in [7, 11) is 1.52. The van der Waals surface area contributed by atoms with Crippen molar-refractivity contribution in [3.8, 4) is 5.75 Å². The fraction of sp³-hybridized carbons (Fsp3) is 0.121. The van der Waals surface area contributed by atoms with Gasteiger partial charge in [-0.1, -0.05) is 60.1 Å². The van der Waals surface area contributed by atoms with Gasteiger partial charge in [-0.25, -0.2) is 0 Å². The Morgan fingerprint density at radius 1 is 0.881 bits per heavy atom. The number of hydrogen-bond donors (Lipinski definition) is 3. The van der Waals surface area contributed by atoms with Crippen LogP contribution in [0.15, 0.2) is 108 Å². The molecule has 3 amide bonds. The fourth-order valence-corrected chi connectivity index (χ4v) is 5.06. The van der Waals surface area contributed by atoms with Crippen molar-refractivity contribution in [1.29, 1.82) is 0 Å². The van der Waals surface area contributed by atoms with E-state index in [4.69, 9.17) is 16.3 Å². The quantitative estimate of drug-likeness (QED) is 0.132. The molecule has 0 saturated carbocycles. The van der Waals surface area contributed by atoms with Crippen LogP contribution in [0.3, 0.4) is 0 Å². The minimum absolute atomic E-state index is 0.0967. The van der Waals surface area contributed by atoms with Crippen molar-refractivity contribution >= 4 is 58.5 Å². The van der Waals surface area contributed by atoms with Gasteiger partial charge in [0.15, 0.2) is 0 Å². The Morgan fingerprint density at radius 3 is 2.36 bits per heavy atom. The van der Waals surface area contributed by atoms with Crippen LogP contribution in [0.5, 0.6) is 5.75 Å². The van der Waals surface area contributed by atoms with Crippen molar-refractivity contribution in [3.05, 3.63) is 124 Å². The largest absolute Gasteiger partial charge is 0.495 e. The molecule has 0 aliphatic carbocycles. The summed E-state index contributed by atoms with van der Waals surface area (Å²) in [4.78, 5) is 40.1. The molecule has 4 rings (SSSR count). The van der Waals surface area contributed by atoms with Crippen molar-refractivity contribution in [2.75, 3.05) is 17.7 Å². The molecule has 0 heterocycles. The summed E-state index contributed by atoms with van der Waals surface area (Å²) in [5, 5.41) is 8.50. The van der Waals surface area contributed by atoms with Crippen LogP contribution in [0.4, 0.5) is 11.4 Å². The highest BCUT2D eigenvalue weighted by atomic mass is 35.5. The van der Waals surface area contributed by atoms with E-state index in [1.807, 2.05) is 43.3 Å². The highest BCUT2D eigenvalue weighted by Crippen LogP contribution is 2.30. The van der Waals surface area contributed by atoms with Gasteiger partial charge in [0, 0.05) is 21.2 Å². The molecule has 0 aliphatic rings. The van der Waals surface area contributed by atoms with Gasteiger partial charge < -0.3 is 20.7 Å². The van der Waals surface area contributed by atoms with Gasteiger partial charge in [0.1, 0.15) is 11.4 Å². The number of methoxy groups -OCH3 is 1. The van der Waals surface area contributed by atoms with Gasteiger partial charge in [-0.05, 0) is 79.6 Å². The number of thioether (sulfide) groups is 1. The first-order chi connectivity index (χ1) is 20.2. The number of ether oxygens (including phenoxy) is 1. The molecule has 1 unspecified atom stereocenters. The highest BCUT2D eigenvalue weighted by molar-refractivity contribution is 8.00. The third-order valence-electron chi connectivity index (χ3n) is 6.21. The number of hydrogen-bond acceptors (Lipinski definition) is 5. The molecule has 3 N–H and O–H groups in total. The first kappa shape index (κ1) is 30.4. The molecule has 0 spiro atoms. The lowest BCUT2D eigenvalue weighted by Gasteiger charge is -2.15. The van der Waals surface area contributed by atoms with E-state index < -0.39 is 17.1 Å². The van der Waals surface area contributed by atoms with Crippen LogP contribution in [0, 0.1) is 6.92 Å². The minimum atomic E-state index is -0.483. The zero-order valence-electron chi connectivity index (χ0n) is 23.3. The molecule has 4 aromatic rings. The molecule has 0 fully saturated rings. The number of nitrogens with one attached hydrogen (secondary N) is 3. The first-order valence-corrected chi connectivity index (χ1v) is 14.4. The fourth-order valence-electron chi connectivity index (χ4n) is 3.96. The SMILES string of the molecule is COc1ccc(Cl)cc1NC(=O)C(C)Sc1cccc(NC(=O)/C(=C/c2ccccc2C)NC(=O)c2ccccc2)c1. The van der Waals surface area contributed by atoms with Crippen molar-refractivity contribution in [3.63, 3.8) is 0 Å². The van der Waals surface area contributed by atoms with E-state index in [1.54, 1.807) is 73.7 Å². The summed E-state index contributed by atoms with van der Waals surface area (Å²) >= 11 is 7.42. The topological polar surface area (TPSA) is 96.5 Å². The van der Waals surface area contributed by atoms with Crippen LogP contribution in [-0.4, -0.2) is 30.1 Å². The lowest BCUT2D eigenvalue weighted by atomic mass is 10.1. The molecule has 214 valence electrons. The average Bonchev–Trinajstić information content (AvgIpc) is 2.98. The van der Waals surface area contributed by atoms with Gasteiger partial charge in [0.2, 0.25) is 5.91 Å². The van der Waals surface area contributed by atoms with Crippen LogP contribution >= 0.6 is 23.4 Å². The van der Waals surface area contributed by atoms with Crippen molar-refractivity contribution < 1.29 is 19.1 Å². The van der Waals surface area contributed by atoms with Crippen LogP contribution < -0.4 is 20.7 Å². The van der Waals surface area contributed by atoms with E-state index in [9.17, 15) is 14.4 Å². The number of rotatable bonds is 10. The van der Waals surface area contributed by atoms with E-state index in [0.717, 1.165) is 16.0 Å². The molecular formula is C33H30ClN3O4S. The molecule has 0 bridgehead atoms. The molecule has 7 nitrogen and oxygen atoms in total. The number of carbonyl (C=O) groups is 3. The van der Waals surface area contributed by atoms with Gasteiger partial charge >= 0.3 is 0 Å². The lowest BCUT2D eigenvalue weighted by molar-refractivity contribution is -0.115. The Morgan fingerprint density at radius 2 is 1.62 bits per heavy atom. The van der Waals surface area contributed by atoms with E-state index in [1.165, 1.54) is 18.9 Å². The average molecular weight is 600 g/mol. The lowest BCUT2D eigenvalue weighted by Crippen LogP contribution is -2.30. The summed E-state index contributed by atoms with van der Waals surface area (Å²) in [6.45, 7) is 3.71. The second kappa shape index (κ2) is 14.4.